The second-order valence-corrected chi connectivity index (χ2v) is 9.75. The molecule has 0 N–H and O–H groups in total. The molecule has 5 nitrogen and oxygen atoms in total. The molecule has 2 fully saturated rings. The van der Waals surface area contributed by atoms with Crippen LogP contribution in [0, 0.1) is 11.8 Å². The van der Waals surface area contributed by atoms with Crippen LogP contribution in [0.3, 0.4) is 0 Å². The Balaban J connectivity index is 1.44. The number of benzene rings is 1. The van der Waals surface area contributed by atoms with Crippen LogP contribution in [0.15, 0.2) is 30.3 Å². The van der Waals surface area contributed by atoms with Gasteiger partial charge in [0.05, 0.1) is 0 Å². The molecule has 0 bridgehead atoms. The van der Waals surface area contributed by atoms with E-state index < -0.39 is 10.2 Å². The minimum atomic E-state index is -3.24. The molecule has 0 amide bonds. The van der Waals surface area contributed by atoms with Gasteiger partial charge in [0.25, 0.3) is 10.2 Å². The Kier molecular flexibility index (Phi) is 6.15. The fourth-order valence-corrected chi connectivity index (χ4v) is 5.33. The van der Waals surface area contributed by atoms with E-state index in [1.54, 1.807) is 18.4 Å². The van der Waals surface area contributed by atoms with E-state index in [1.165, 1.54) is 29.4 Å². The molecule has 1 atom stereocenters. The lowest BCUT2D eigenvalue weighted by Gasteiger charge is -2.35. The van der Waals surface area contributed by atoms with Crippen molar-refractivity contribution in [2.75, 3.05) is 46.8 Å². The van der Waals surface area contributed by atoms with Crippen molar-refractivity contribution in [3.63, 3.8) is 0 Å². The maximum atomic E-state index is 12.2. The van der Waals surface area contributed by atoms with Crippen LogP contribution >= 0.6 is 0 Å². The Morgan fingerprint density at radius 3 is 2.28 bits per heavy atom. The second kappa shape index (κ2) is 8.16. The molecular weight excluding hydrogens is 334 g/mol. The van der Waals surface area contributed by atoms with E-state index in [4.69, 9.17) is 0 Å². The molecule has 0 spiro atoms. The zero-order chi connectivity index (χ0) is 17.9. The molecule has 1 aromatic rings. The van der Waals surface area contributed by atoms with E-state index in [0.29, 0.717) is 19.0 Å². The number of likely N-dealkylation sites (tertiary alicyclic amines) is 1. The van der Waals surface area contributed by atoms with Gasteiger partial charge in [-0.3, -0.25) is 0 Å². The van der Waals surface area contributed by atoms with Gasteiger partial charge in [-0.1, -0.05) is 30.3 Å². The van der Waals surface area contributed by atoms with Gasteiger partial charge in [0.1, 0.15) is 0 Å². The largest absolute Gasteiger partial charge is 0.303 e. The number of rotatable bonds is 6. The van der Waals surface area contributed by atoms with Gasteiger partial charge in [-0.2, -0.15) is 17.0 Å². The number of piperidine rings is 1. The molecular formula is C19H31N3O2S. The van der Waals surface area contributed by atoms with Gasteiger partial charge in [-0.25, -0.2) is 0 Å². The van der Waals surface area contributed by atoms with E-state index in [9.17, 15) is 8.42 Å². The van der Waals surface area contributed by atoms with Crippen molar-refractivity contribution < 1.29 is 8.42 Å². The quantitative estimate of drug-likeness (QED) is 0.775. The highest BCUT2D eigenvalue weighted by molar-refractivity contribution is 7.86. The first-order valence-electron chi connectivity index (χ1n) is 9.40. The fourth-order valence-electron chi connectivity index (χ4n) is 4.19. The Morgan fingerprint density at radius 2 is 1.64 bits per heavy atom. The van der Waals surface area contributed by atoms with Crippen LogP contribution in [-0.2, 0) is 16.6 Å². The van der Waals surface area contributed by atoms with Crippen LogP contribution in [0.4, 0.5) is 0 Å². The first-order chi connectivity index (χ1) is 12.0. The van der Waals surface area contributed by atoms with Crippen LogP contribution in [-0.4, -0.2) is 68.7 Å². The smallest absolute Gasteiger partial charge is 0.281 e. The summed E-state index contributed by atoms with van der Waals surface area (Å²) in [6, 6.07) is 10.7. The average Bonchev–Trinajstić information content (AvgIpc) is 3.10. The Morgan fingerprint density at radius 1 is 1.00 bits per heavy atom. The molecule has 0 aromatic heterocycles. The molecule has 1 unspecified atom stereocenters. The molecule has 2 saturated heterocycles. The summed E-state index contributed by atoms with van der Waals surface area (Å²) in [5.74, 6) is 1.41. The lowest BCUT2D eigenvalue weighted by molar-refractivity contribution is 0.199. The number of hydrogen-bond acceptors (Lipinski definition) is 3. The highest BCUT2D eigenvalue weighted by atomic mass is 32.2. The van der Waals surface area contributed by atoms with E-state index in [0.717, 1.165) is 31.7 Å². The van der Waals surface area contributed by atoms with E-state index in [2.05, 4.69) is 35.2 Å². The van der Waals surface area contributed by atoms with Crippen LogP contribution < -0.4 is 0 Å². The van der Waals surface area contributed by atoms with Crippen LogP contribution in [0.1, 0.15) is 24.8 Å². The number of hydrogen-bond donors (Lipinski definition) is 0. The average molecular weight is 366 g/mol. The third-order valence-electron chi connectivity index (χ3n) is 5.82. The highest BCUT2D eigenvalue weighted by Gasteiger charge is 2.35. The van der Waals surface area contributed by atoms with Gasteiger partial charge < -0.3 is 4.90 Å². The predicted octanol–water partition coefficient (Wildman–Crippen LogP) is 2.07. The minimum Gasteiger partial charge on any atom is -0.303 e. The molecule has 2 aliphatic rings. The Bertz CT molecular complexity index is 640. The molecule has 1 aromatic carbocycles. The predicted molar refractivity (Wildman–Crippen MR) is 102 cm³/mol. The first kappa shape index (κ1) is 18.8. The zero-order valence-corrected chi connectivity index (χ0v) is 16.3. The topological polar surface area (TPSA) is 43.9 Å². The van der Waals surface area contributed by atoms with Crippen LogP contribution in [0.5, 0.6) is 0 Å². The van der Waals surface area contributed by atoms with Crippen molar-refractivity contribution in [2.24, 2.45) is 11.8 Å². The van der Waals surface area contributed by atoms with Gasteiger partial charge in [0.15, 0.2) is 0 Å². The monoisotopic (exact) mass is 365 g/mol. The first-order valence-corrected chi connectivity index (χ1v) is 10.8. The van der Waals surface area contributed by atoms with Crippen LogP contribution in [0.25, 0.3) is 0 Å². The fraction of sp³-hybridized carbons (Fsp3) is 0.684. The normalized spacial score (nSPS) is 24.2. The lowest BCUT2D eigenvalue weighted by atomic mass is 9.84. The van der Waals surface area contributed by atoms with Gasteiger partial charge in [-0.05, 0) is 49.6 Å². The third kappa shape index (κ3) is 4.61. The summed E-state index contributed by atoms with van der Waals surface area (Å²) in [6.07, 6.45) is 4.39. The second-order valence-electron chi connectivity index (χ2n) is 7.61. The van der Waals surface area contributed by atoms with Crippen molar-refractivity contribution in [3.8, 4) is 0 Å². The number of nitrogens with zero attached hydrogens (tertiary/aromatic N) is 3. The molecule has 6 heteroatoms. The van der Waals surface area contributed by atoms with Gasteiger partial charge in [0.2, 0.25) is 0 Å². The molecule has 0 radical (unpaired) electrons. The molecule has 0 saturated carbocycles. The molecule has 2 aliphatic heterocycles. The summed E-state index contributed by atoms with van der Waals surface area (Å²) in [6.45, 7) is 4.84. The van der Waals surface area contributed by atoms with Gasteiger partial charge >= 0.3 is 0 Å². The lowest BCUT2D eigenvalue weighted by Crippen LogP contribution is -2.45. The van der Waals surface area contributed by atoms with Crippen molar-refractivity contribution in [1.82, 2.24) is 13.5 Å². The minimum absolute atomic E-state index is 0.672. The molecule has 140 valence electrons. The van der Waals surface area contributed by atoms with Crippen LogP contribution in [0.2, 0.25) is 0 Å². The Hall–Kier alpha value is -0.950. The molecule has 3 rings (SSSR count). The summed E-state index contributed by atoms with van der Waals surface area (Å²) >= 11 is 0. The van der Waals surface area contributed by atoms with Crippen molar-refractivity contribution in [3.05, 3.63) is 35.9 Å². The Labute approximate surface area is 152 Å². The third-order valence-corrected chi connectivity index (χ3v) is 7.76. The summed E-state index contributed by atoms with van der Waals surface area (Å²) < 4.78 is 27.4. The van der Waals surface area contributed by atoms with Crippen molar-refractivity contribution >= 4 is 10.2 Å². The van der Waals surface area contributed by atoms with Crippen molar-refractivity contribution in [2.45, 2.75) is 25.7 Å². The van der Waals surface area contributed by atoms with E-state index in [1.807, 2.05) is 0 Å². The van der Waals surface area contributed by atoms with E-state index >= 15 is 0 Å². The molecule has 2 heterocycles. The highest BCUT2D eigenvalue weighted by Crippen LogP contribution is 2.32. The summed E-state index contributed by atoms with van der Waals surface area (Å²) in [7, 11) is -0.0125. The maximum absolute atomic E-state index is 12.2. The van der Waals surface area contributed by atoms with Gasteiger partial charge in [0, 0.05) is 40.3 Å². The zero-order valence-electron chi connectivity index (χ0n) is 15.5. The van der Waals surface area contributed by atoms with Crippen molar-refractivity contribution in [1.29, 1.82) is 0 Å². The summed E-state index contributed by atoms with van der Waals surface area (Å²) in [5, 5.41) is 0. The van der Waals surface area contributed by atoms with E-state index in [-0.39, 0.29) is 0 Å². The molecule has 25 heavy (non-hydrogen) atoms. The summed E-state index contributed by atoms with van der Waals surface area (Å²) in [4.78, 5) is 2.58. The molecule has 0 aliphatic carbocycles. The SMILES string of the molecule is CN(C)S(=O)(=O)N1CCC(C2CCN(CCc3ccccc3)C2)CC1. The standard InChI is InChI=1S/C19H31N3O2S/c1-20(2)25(23,24)22-14-10-18(11-15-22)19-9-13-21(16-19)12-8-17-6-4-3-5-7-17/h3-7,18-19H,8-16H2,1-2H3. The van der Waals surface area contributed by atoms with Gasteiger partial charge in [-0.15, -0.1) is 0 Å². The summed E-state index contributed by atoms with van der Waals surface area (Å²) in [5.41, 5.74) is 1.41. The maximum Gasteiger partial charge on any atom is 0.281 e.